The highest BCUT2D eigenvalue weighted by atomic mass is 32.1. The molecule has 0 radical (unpaired) electrons. The molecule has 0 aliphatic heterocycles. The molecule has 3 nitrogen and oxygen atoms in total. The molecule has 0 aliphatic rings. The average molecular weight is 261 g/mol. The normalized spacial score (nSPS) is 12.5. The molecule has 2 aromatic rings. The fourth-order valence-electron chi connectivity index (χ4n) is 1.91. The van der Waals surface area contributed by atoms with Gasteiger partial charge in [0.2, 0.25) is 0 Å². The number of aliphatic carboxylic acids is 1. The van der Waals surface area contributed by atoms with Crippen molar-refractivity contribution in [2.45, 2.75) is 12.6 Å². The molecule has 0 spiro atoms. The third-order valence-corrected chi connectivity index (χ3v) is 3.26. The van der Waals surface area contributed by atoms with Gasteiger partial charge < -0.3 is 5.11 Å². The van der Waals surface area contributed by atoms with Crippen LogP contribution in [-0.2, 0) is 11.3 Å². The second-order valence-corrected chi connectivity index (χ2v) is 4.46. The van der Waals surface area contributed by atoms with Crippen LogP contribution < -0.4 is 5.32 Å². The second-order valence-electron chi connectivity index (χ2n) is 4.09. The molecule has 0 saturated heterocycles. The molecular formula is C14H15NO2S. The van der Waals surface area contributed by atoms with Gasteiger partial charge in [-0.05, 0) is 16.3 Å². The predicted octanol–water partition coefficient (Wildman–Crippen LogP) is 2.31. The smallest absolute Gasteiger partial charge is 0.321 e. The highest BCUT2D eigenvalue weighted by Gasteiger charge is 2.14. The summed E-state index contributed by atoms with van der Waals surface area (Å²) < 4.78 is 0. The third kappa shape index (κ3) is 2.83. The molecule has 0 aromatic heterocycles. The van der Waals surface area contributed by atoms with Crippen molar-refractivity contribution in [2.75, 3.05) is 5.75 Å². The first-order chi connectivity index (χ1) is 8.72. The molecule has 2 N–H and O–H groups in total. The molecule has 1 atom stereocenters. The first-order valence-electron chi connectivity index (χ1n) is 5.76. The van der Waals surface area contributed by atoms with E-state index in [4.69, 9.17) is 5.11 Å². The number of carbonyl (C=O) groups is 1. The molecule has 18 heavy (non-hydrogen) atoms. The van der Waals surface area contributed by atoms with Crippen LogP contribution in [0.15, 0.2) is 42.5 Å². The number of thiol groups is 1. The lowest BCUT2D eigenvalue weighted by Crippen LogP contribution is -2.37. The maximum absolute atomic E-state index is 10.9. The summed E-state index contributed by atoms with van der Waals surface area (Å²) in [5, 5.41) is 14.3. The molecule has 2 rings (SSSR count). The largest absolute Gasteiger partial charge is 0.480 e. The van der Waals surface area contributed by atoms with Crippen molar-refractivity contribution in [2.24, 2.45) is 0 Å². The number of carboxylic acids is 1. The summed E-state index contributed by atoms with van der Waals surface area (Å²) in [5.41, 5.74) is 1.10. The van der Waals surface area contributed by atoms with E-state index in [9.17, 15) is 4.79 Å². The van der Waals surface area contributed by atoms with Crippen LogP contribution in [0.3, 0.4) is 0 Å². The van der Waals surface area contributed by atoms with E-state index in [1.165, 1.54) is 0 Å². The van der Waals surface area contributed by atoms with Crippen LogP contribution in [-0.4, -0.2) is 22.9 Å². The molecule has 4 heteroatoms. The molecule has 0 saturated carbocycles. The number of fused-ring (bicyclic) bond motifs is 1. The van der Waals surface area contributed by atoms with Crippen molar-refractivity contribution in [1.29, 1.82) is 0 Å². The first kappa shape index (κ1) is 12.9. The molecule has 0 unspecified atom stereocenters. The monoisotopic (exact) mass is 261 g/mol. The third-order valence-electron chi connectivity index (χ3n) is 2.90. The fraction of sp³-hybridized carbons (Fsp3) is 0.214. The van der Waals surface area contributed by atoms with Crippen LogP contribution in [0.2, 0.25) is 0 Å². The molecule has 2 aromatic carbocycles. The summed E-state index contributed by atoms with van der Waals surface area (Å²) in [7, 11) is 0. The van der Waals surface area contributed by atoms with Gasteiger partial charge in [-0.2, -0.15) is 12.6 Å². The summed E-state index contributed by atoms with van der Waals surface area (Å²) in [5.74, 6) is -0.592. The number of benzene rings is 2. The van der Waals surface area contributed by atoms with Crippen LogP contribution in [0.1, 0.15) is 5.56 Å². The molecule has 0 bridgehead atoms. The Morgan fingerprint density at radius 2 is 1.94 bits per heavy atom. The van der Waals surface area contributed by atoms with Crippen LogP contribution in [0.25, 0.3) is 10.8 Å². The predicted molar refractivity (Wildman–Crippen MR) is 76.1 cm³/mol. The fourth-order valence-corrected chi connectivity index (χ4v) is 2.20. The molecule has 0 aliphatic carbocycles. The molecule has 0 heterocycles. The number of rotatable bonds is 5. The van der Waals surface area contributed by atoms with Gasteiger partial charge in [-0.25, -0.2) is 0 Å². The van der Waals surface area contributed by atoms with Crippen LogP contribution in [0.5, 0.6) is 0 Å². The number of nitrogens with one attached hydrogen (secondary N) is 1. The van der Waals surface area contributed by atoms with Crippen molar-refractivity contribution >= 4 is 29.4 Å². The van der Waals surface area contributed by atoms with Gasteiger partial charge in [-0.15, -0.1) is 0 Å². The highest BCUT2D eigenvalue weighted by molar-refractivity contribution is 7.80. The molecular weight excluding hydrogens is 246 g/mol. The van der Waals surface area contributed by atoms with E-state index in [2.05, 4.69) is 17.9 Å². The van der Waals surface area contributed by atoms with E-state index in [0.29, 0.717) is 6.54 Å². The second kappa shape index (κ2) is 5.89. The van der Waals surface area contributed by atoms with E-state index in [0.717, 1.165) is 16.3 Å². The van der Waals surface area contributed by atoms with Gasteiger partial charge in [0.05, 0.1) is 0 Å². The van der Waals surface area contributed by atoms with Crippen molar-refractivity contribution in [3.05, 3.63) is 48.0 Å². The van der Waals surface area contributed by atoms with Crippen LogP contribution in [0, 0.1) is 0 Å². The maximum atomic E-state index is 10.9. The minimum absolute atomic E-state index is 0.278. The summed E-state index contributed by atoms with van der Waals surface area (Å²) in [6.45, 7) is 0.527. The Bertz CT molecular complexity index is 551. The van der Waals surface area contributed by atoms with E-state index >= 15 is 0 Å². The van der Waals surface area contributed by atoms with E-state index in [1.54, 1.807) is 0 Å². The van der Waals surface area contributed by atoms with Crippen molar-refractivity contribution in [1.82, 2.24) is 5.32 Å². The lowest BCUT2D eigenvalue weighted by Gasteiger charge is -2.13. The Labute approximate surface area is 111 Å². The number of carboxylic acid groups (broad SMARTS) is 1. The van der Waals surface area contributed by atoms with Crippen LogP contribution in [0.4, 0.5) is 0 Å². The van der Waals surface area contributed by atoms with Crippen molar-refractivity contribution < 1.29 is 9.90 Å². The standard InChI is InChI=1S/C14H15NO2S/c16-14(17)13(9-18)15-8-11-6-3-5-10-4-1-2-7-12(10)11/h1-7,13,15,18H,8-9H2,(H,16,17)/t13-/m0/s1. The van der Waals surface area contributed by atoms with Crippen LogP contribution >= 0.6 is 12.6 Å². The Kier molecular flexibility index (Phi) is 4.23. The van der Waals surface area contributed by atoms with Gasteiger partial charge in [0, 0.05) is 12.3 Å². The quantitative estimate of drug-likeness (QED) is 0.724. The minimum Gasteiger partial charge on any atom is -0.480 e. The zero-order valence-corrected chi connectivity index (χ0v) is 10.7. The van der Waals surface area contributed by atoms with Gasteiger partial charge in [-0.1, -0.05) is 42.5 Å². The molecule has 0 amide bonds. The Morgan fingerprint density at radius 3 is 2.67 bits per heavy atom. The summed E-state index contributed by atoms with van der Waals surface area (Å²) in [6, 6.07) is 13.5. The summed E-state index contributed by atoms with van der Waals surface area (Å²) >= 11 is 4.03. The molecule has 94 valence electrons. The van der Waals surface area contributed by atoms with Gasteiger partial charge in [0.15, 0.2) is 0 Å². The maximum Gasteiger partial charge on any atom is 0.321 e. The lowest BCUT2D eigenvalue weighted by atomic mass is 10.0. The van der Waals surface area contributed by atoms with E-state index in [-0.39, 0.29) is 5.75 Å². The Balaban J connectivity index is 2.19. The van der Waals surface area contributed by atoms with Gasteiger partial charge in [0.25, 0.3) is 0 Å². The van der Waals surface area contributed by atoms with Crippen molar-refractivity contribution in [3.63, 3.8) is 0 Å². The SMILES string of the molecule is O=C(O)[C@H](CS)NCc1cccc2ccccc12. The highest BCUT2D eigenvalue weighted by Crippen LogP contribution is 2.18. The zero-order chi connectivity index (χ0) is 13.0. The minimum atomic E-state index is -0.870. The van der Waals surface area contributed by atoms with E-state index < -0.39 is 12.0 Å². The Hall–Kier alpha value is -1.52. The number of hydrogen-bond acceptors (Lipinski definition) is 3. The first-order valence-corrected chi connectivity index (χ1v) is 6.39. The zero-order valence-electron chi connectivity index (χ0n) is 9.84. The van der Waals surface area contributed by atoms with Crippen molar-refractivity contribution in [3.8, 4) is 0 Å². The van der Waals surface area contributed by atoms with Gasteiger partial charge >= 0.3 is 5.97 Å². The van der Waals surface area contributed by atoms with Gasteiger partial charge in [-0.3, -0.25) is 10.1 Å². The topological polar surface area (TPSA) is 49.3 Å². The number of hydrogen-bond donors (Lipinski definition) is 3. The summed E-state index contributed by atoms with van der Waals surface area (Å²) in [4.78, 5) is 10.9. The summed E-state index contributed by atoms with van der Waals surface area (Å²) in [6.07, 6.45) is 0. The Morgan fingerprint density at radius 1 is 1.22 bits per heavy atom. The lowest BCUT2D eigenvalue weighted by molar-refractivity contribution is -0.138. The van der Waals surface area contributed by atoms with Gasteiger partial charge in [0.1, 0.15) is 6.04 Å². The van der Waals surface area contributed by atoms with E-state index in [1.807, 2.05) is 42.5 Å². The molecule has 0 fully saturated rings. The average Bonchev–Trinajstić information content (AvgIpc) is 2.39.